The highest BCUT2D eigenvalue weighted by molar-refractivity contribution is 5.71. The van der Waals surface area contributed by atoms with Crippen LogP contribution in [-0.4, -0.2) is 37.2 Å². The second kappa shape index (κ2) is 52.8. The molecule has 0 spiro atoms. The number of esters is 3. The molecule has 0 N–H and O–H groups in total. The van der Waals surface area contributed by atoms with Crippen LogP contribution < -0.4 is 0 Å². The van der Waals surface area contributed by atoms with Crippen LogP contribution in [0.15, 0.2) is 0 Å². The van der Waals surface area contributed by atoms with Gasteiger partial charge in [-0.1, -0.05) is 298 Å². The van der Waals surface area contributed by atoms with Gasteiger partial charge >= 0.3 is 17.9 Å². The zero-order valence-corrected chi connectivity index (χ0v) is 45.3. The molecule has 66 heavy (non-hydrogen) atoms. The van der Waals surface area contributed by atoms with E-state index in [2.05, 4.69) is 34.6 Å². The molecule has 0 aliphatic rings. The first-order valence-corrected chi connectivity index (χ1v) is 29.7. The lowest BCUT2D eigenvalue weighted by atomic mass is 10.0. The third-order valence-corrected chi connectivity index (χ3v) is 13.7. The van der Waals surface area contributed by atoms with Crippen LogP contribution >= 0.6 is 0 Å². The number of carbonyl (C=O) groups excluding carboxylic acids is 3. The number of hydrogen-bond donors (Lipinski definition) is 0. The molecular weight excluding hydrogens is 817 g/mol. The van der Waals surface area contributed by atoms with Crippen LogP contribution in [0.5, 0.6) is 0 Å². The van der Waals surface area contributed by atoms with E-state index in [0.717, 1.165) is 69.6 Å². The summed E-state index contributed by atoms with van der Waals surface area (Å²) in [5.41, 5.74) is 0. The van der Waals surface area contributed by atoms with E-state index in [4.69, 9.17) is 14.2 Å². The number of hydrogen-bond acceptors (Lipinski definition) is 6. The summed E-state index contributed by atoms with van der Waals surface area (Å²) in [5, 5.41) is 0. The van der Waals surface area contributed by atoms with Crippen molar-refractivity contribution in [2.45, 2.75) is 343 Å². The highest BCUT2D eigenvalue weighted by Gasteiger charge is 2.19. The molecule has 1 atom stereocenters. The number of ether oxygens (including phenoxy) is 3. The van der Waals surface area contributed by atoms with E-state index in [0.29, 0.717) is 19.3 Å². The Morgan fingerprint density at radius 3 is 0.742 bits per heavy atom. The summed E-state index contributed by atoms with van der Waals surface area (Å²) in [5.74, 6) is 0.809. The Bertz CT molecular complexity index is 1010. The minimum absolute atomic E-state index is 0.0629. The van der Waals surface area contributed by atoms with Crippen LogP contribution in [0, 0.1) is 11.8 Å². The van der Waals surface area contributed by atoms with Gasteiger partial charge in [0.2, 0.25) is 0 Å². The van der Waals surface area contributed by atoms with Crippen molar-refractivity contribution in [3.05, 3.63) is 0 Å². The maximum atomic E-state index is 12.9. The monoisotopic (exact) mass is 933 g/mol. The van der Waals surface area contributed by atoms with E-state index < -0.39 is 6.10 Å². The lowest BCUT2D eigenvalue weighted by Crippen LogP contribution is -2.30. The summed E-state index contributed by atoms with van der Waals surface area (Å²) >= 11 is 0. The van der Waals surface area contributed by atoms with Gasteiger partial charge in [0.05, 0.1) is 0 Å². The Kier molecular flexibility index (Phi) is 51.5. The maximum absolute atomic E-state index is 12.9. The zero-order chi connectivity index (χ0) is 48.2. The van der Waals surface area contributed by atoms with Crippen LogP contribution in [0.3, 0.4) is 0 Å². The van der Waals surface area contributed by atoms with Gasteiger partial charge in [0.15, 0.2) is 6.10 Å². The molecule has 0 saturated heterocycles. The van der Waals surface area contributed by atoms with Gasteiger partial charge in [-0.25, -0.2) is 0 Å². The fourth-order valence-corrected chi connectivity index (χ4v) is 9.23. The first-order valence-electron chi connectivity index (χ1n) is 29.7. The molecule has 6 heteroatoms. The molecule has 0 unspecified atom stereocenters. The van der Waals surface area contributed by atoms with Crippen LogP contribution in [0.2, 0.25) is 0 Å². The van der Waals surface area contributed by atoms with E-state index in [-0.39, 0.29) is 31.1 Å². The molecule has 0 fully saturated rings. The van der Waals surface area contributed by atoms with Crippen molar-refractivity contribution in [2.75, 3.05) is 13.2 Å². The van der Waals surface area contributed by atoms with Crippen LogP contribution in [0.1, 0.15) is 336 Å². The van der Waals surface area contributed by atoms with E-state index >= 15 is 0 Å². The molecule has 0 radical (unpaired) electrons. The zero-order valence-electron chi connectivity index (χ0n) is 45.3. The summed E-state index contributed by atoms with van der Waals surface area (Å²) in [6.45, 7) is 11.4. The Morgan fingerprint density at radius 2 is 0.500 bits per heavy atom. The number of rotatable bonds is 54. The molecule has 0 amide bonds. The lowest BCUT2D eigenvalue weighted by molar-refractivity contribution is -0.167. The van der Waals surface area contributed by atoms with Crippen molar-refractivity contribution < 1.29 is 28.6 Å². The van der Waals surface area contributed by atoms with Crippen molar-refractivity contribution in [1.82, 2.24) is 0 Å². The second-order valence-corrected chi connectivity index (χ2v) is 21.6. The second-order valence-electron chi connectivity index (χ2n) is 21.6. The molecule has 6 nitrogen and oxygen atoms in total. The molecule has 0 bridgehead atoms. The third-order valence-electron chi connectivity index (χ3n) is 13.7. The topological polar surface area (TPSA) is 78.9 Å². The minimum atomic E-state index is -0.763. The Labute approximate surface area is 412 Å². The normalized spacial score (nSPS) is 12.0. The predicted molar refractivity (Wildman–Crippen MR) is 284 cm³/mol. The molecule has 0 aromatic carbocycles. The molecular formula is C60H116O6. The van der Waals surface area contributed by atoms with Crippen molar-refractivity contribution in [1.29, 1.82) is 0 Å². The van der Waals surface area contributed by atoms with Gasteiger partial charge in [-0.05, 0) is 31.1 Å². The van der Waals surface area contributed by atoms with E-state index in [1.54, 1.807) is 0 Å². The van der Waals surface area contributed by atoms with Gasteiger partial charge in [0.25, 0.3) is 0 Å². The minimum Gasteiger partial charge on any atom is -0.462 e. The molecule has 0 rings (SSSR count). The van der Waals surface area contributed by atoms with Crippen LogP contribution in [-0.2, 0) is 28.6 Å². The first-order chi connectivity index (χ1) is 32.2. The van der Waals surface area contributed by atoms with Gasteiger partial charge in [-0.15, -0.1) is 0 Å². The van der Waals surface area contributed by atoms with Gasteiger partial charge in [0.1, 0.15) is 13.2 Å². The summed E-state index contributed by atoms with van der Waals surface area (Å²) in [7, 11) is 0. The molecule has 0 aromatic heterocycles. The first kappa shape index (κ1) is 64.4. The molecule has 392 valence electrons. The molecule has 0 saturated carbocycles. The van der Waals surface area contributed by atoms with E-state index in [1.807, 2.05) is 0 Å². The van der Waals surface area contributed by atoms with Crippen LogP contribution in [0.4, 0.5) is 0 Å². The Balaban J connectivity index is 4.24. The SMILES string of the molecule is CCCCCCCCCCCCCCCCCCCCC(=O)O[C@@H](COC(=O)CCCCCCCCCCCCCCCCCCC(C)C)COC(=O)CCCCCCCCCCC(C)C. The van der Waals surface area contributed by atoms with Crippen molar-refractivity contribution >= 4 is 17.9 Å². The van der Waals surface area contributed by atoms with Crippen LogP contribution in [0.25, 0.3) is 0 Å². The average molecular weight is 934 g/mol. The highest BCUT2D eigenvalue weighted by Crippen LogP contribution is 2.18. The van der Waals surface area contributed by atoms with Crippen molar-refractivity contribution in [2.24, 2.45) is 11.8 Å². The van der Waals surface area contributed by atoms with Crippen molar-refractivity contribution in [3.8, 4) is 0 Å². The number of unbranched alkanes of at least 4 members (excludes halogenated alkanes) is 39. The van der Waals surface area contributed by atoms with E-state index in [9.17, 15) is 14.4 Å². The van der Waals surface area contributed by atoms with Gasteiger partial charge in [0, 0.05) is 19.3 Å². The van der Waals surface area contributed by atoms with Crippen molar-refractivity contribution in [3.63, 3.8) is 0 Å². The third kappa shape index (κ3) is 53.4. The Hall–Kier alpha value is -1.59. The lowest BCUT2D eigenvalue weighted by Gasteiger charge is -2.18. The van der Waals surface area contributed by atoms with E-state index in [1.165, 1.54) is 225 Å². The average Bonchev–Trinajstić information content (AvgIpc) is 3.29. The Morgan fingerprint density at radius 1 is 0.288 bits per heavy atom. The highest BCUT2D eigenvalue weighted by atomic mass is 16.6. The van der Waals surface area contributed by atoms with Gasteiger partial charge < -0.3 is 14.2 Å². The number of carbonyl (C=O) groups is 3. The molecule has 0 heterocycles. The standard InChI is InChI=1S/C60H116O6/c1-6-7-8-9-10-11-12-13-14-15-16-21-24-27-30-37-42-47-52-60(63)66-57(54-65-59(62)51-46-41-36-32-31-34-39-44-49-56(4)5)53-64-58(61)50-45-40-35-29-26-23-20-18-17-19-22-25-28-33-38-43-48-55(2)3/h55-57H,6-54H2,1-5H3/t57-/m0/s1. The summed E-state index contributed by atoms with van der Waals surface area (Å²) < 4.78 is 16.9. The molecule has 0 aromatic rings. The summed E-state index contributed by atoms with van der Waals surface area (Å²) in [4.78, 5) is 38.1. The maximum Gasteiger partial charge on any atom is 0.306 e. The predicted octanol–water partition coefficient (Wildman–Crippen LogP) is 19.7. The summed E-state index contributed by atoms with van der Waals surface area (Å²) in [6, 6.07) is 0. The fourth-order valence-electron chi connectivity index (χ4n) is 9.23. The smallest absolute Gasteiger partial charge is 0.306 e. The molecule has 0 aliphatic carbocycles. The fraction of sp³-hybridized carbons (Fsp3) is 0.950. The summed E-state index contributed by atoms with van der Waals surface area (Å²) in [6.07, 6.45) is 56.8. The quantitative estimate of drug-likeness (QED) is 0.0343. The van der Waals surface area contributed by atoms with Gasteiger partial charge in [-0.3, -0.25) is 14.4 Å². The largest absolute Gasteiger partial charge is 0.462 e. The van der Waals surface area contributed by atoms with Gasteiger partial charge in [-0.2, -0.15) is 0 Å². The molecule has 0 aliphatic heterocycles.